The second-order valence-corrected chi connectivity index (χ2v) is 4.44. The molecule has 1 heteroatoms. The van der Waals surface area contributed by atoms with Gasteiger partial charge in [0.2, 0.25) is 0 Å². The van der Waals surface area contributed by atoms with Crippen LogP contribution >= 0.6 is 0 Å². The quantitative estimate of drug-likeness (QED) is 0.613. The first-order chi connectivity index (χ1) is 5.56. The summed E-state index contributed by atoms with van der Waals surface area (Å²) in [6.45, 7) is 8.96. The van der Waals surface area contributed by atoms with Crippen molar-refractivity contribution in [1.29, 1.82) is 5.26 Å². The first-order valence-corrected chi connectivity index (χ1v) is 4.93. The maximum atomic E-state index is 8.48. The maximum Gasteiger partial charge on any atom is 0.0624 e. The molecular formula is C11H21N. The first-order valence-electron chi connectivity index (χ1n) is 4.93. The fraction of sp³-hybridized carbons (Fsp3) is 0.909. The van der Waals surface area contributed by atoms with Crippen LogP contribution in [-0.2, 0) is 0 Å². The molecule has 0 N–H and O–H groups in total. The van der Waals surface area contributed by atoms with Gasteiger partial charge in [0.05, 0.1) is 6.07 Å². The minimum Gasteiger partial charge on any atom is -0.198 e. The molecule has 0 fully saturated rings. The van der Waals surface area contributed by atoms with Crippen LogP contribution in [0.5, 0.6) is 0 Å². The van der Waals surface area contributed by atoms with E-state index in [1.807, 2.05) is 0 Å². The van der Waals surface area contributed by atoms with Crippen molar-refractivity contribution in [2.75, 3.05) is 0 Å². The number of hydrogen-bond acceptors (Lipinski definition) is 1. The third-order valence-electron chi connectivity index (χ3n) is 2.12. The number of hydrogen-bond donors (Lipinski definition) is 0. The van der Waals surface area contributed by atoms with Gasteiger partial charge in [-0.15, -0.1) is 0 Å². The Bertz CT molecular complexity index is 144. The molecule has 0 saturated heterocycles. The lowest BCUT2D eigenvalue weighted by Gasteiger charge is -2.16. The lowest BCUT2D eigenvalue weighted by molar-refractivity contribution is 0.358. The van der Waals surface area contributed by atoms with Crippen LogP contribution in [0.15, 0.2) is 0 Å². The lowest BCUT2D eigenvalue weighted by Crippen LogP contribution is -2.05. The second kappa shape index (κ2) is 6.06. The van der Waals surface area contributed by atoms with Crippen molar-refractivity contribution in [3.63, 3.8) is 0 Å². The zero-order valence-corrected chi connectivity index (χ0v) is 8.80. The standard InChI is InChI=1S/C11H21N/c1-9(2)7-11(4)8-10(3)5-6-12/h9-11H,5,7-8H2,1-4H3. The predicted octanol–water partition coefficient (Wildman–Crippen LogP) is 3.61. The molecule has 0 saturated carbocycles. The minimum absolute atomic E-state index is 0.573. The van der Waals surface area contributed by atoms with Crippen molar-refractivity contribution < 1.29 is 0 Å². The smallest absolute Gasteiger partial charge is 0.0624 e. The van der Waals surface area contributed by atoms with E-state index in [0.717, 1.165) is 11.8 Å². The molecule has 12 heavy (non-hydrogen) atoms. The van der Waals surface area contributed by atoms with Gasteiger partial charge >= 0.3 is 0 Å². The Hall–Kier alpha value is -0.510. The highest BCUT2D eigenvalue weighted by Gasteiger charge is 2.09. The molecule has 0 radical (unpaired) electrons. The van der Waals surface area contributed by atoms with Crippen LogP contribution in [0.25, 0.3) is 0 Å². The zero-order valence-electron chi connectivity index (χ0n) is 8.80. The van der Waals surface area contributed by atoms with Gasteiger partial charge in [-0.3, -0.25) is 0 Å². The summed E-state index contributed by atoms with van der Waals surface area (Å²) in [7, 11) is 0. The molecule has 1 nitrogen and oxygen atoms in total. The molecule has 0 amide bonds. The van der Waals surface area contributed by atoms with Crippen LogP contribution < -0.4 is 0 Å². The topological polar surface area (TPSA) is 23.8 Å². The molecule has 0 aromatic rings. The van der Waals surface area contributed by atoms with E-state index in [1.54, 1.807) is 0 Å². The Labute approximate surface area is 76.8 Å². The number of rotatable bonds is 5. The molecular weight excluding hydrogens is 146 g/mol. The summed E-state index contributed by atoms with van der Waals surface area (Å²) < 4.78 is 0. The van der Waals surface area contributed by atoms with Gasteiger partial charge in [0.25, 0.3) is 0 Å². The summed E-state index contributed by atoms with van der Waals surface area (Å²) in [4.78, 5) is 0. The summed E-state index contributed by atoms with van der Waals surface area (Å²) in [6, 6.07) is 2.23. The summed E-state index contributed by atoms with van der Waals surface area (Å²) >= 11 is 0. The first kappa shape index (κ1) is 11.5. The van der Waals surface area contributed by atoms with Crippen molar-refractivity contribution in [3.05, 3.63) is 0 Å². The Morgan fingerprint density at radius 1 is 1.00 bits per heavy atom. The largest absolute Gasteiger partial charge is 0.198 e. The van der Waals surface area contributed by atoms with Crippen molar-refractivity contribution in [2.45, 2.75) is 47.0 Å². The van der Waals surface area contributed by atoms with E-state index in [2.05, 4.69) is 33.8 Å². The molecule has 0 aliphatic carbocycles. The van der Waals surface area contributed by atoms with Crippen molar-refractivity contribution in [1.82, 2.24) is 0 Å². The Morgan fingerprint density at radius 3 is 2.00 bits per heavy atom. The van der Waals surface area contributed by atoms with Crippen LogP contribution in [0.3, 0.4) is 0 Å². The maximum absolute atomic E-state index is 8.48. The molecule has 0 aliphatic heterocycles. The van der Waals surface area contributed by atoms with Crippen molar-refractivity contribution in [2.24, 2.45) is 17.8 Å². The highest BCUT2D eigenvalue weighted by Crippen LogP contribution is 2.20. The van der Waals surface area contributed by atoms with E-state index >= 15 is 0 Å². The van der Waals surface area contributed by atoms with Gasteiger partial charge in [-0.25, -0.2) is 0 Å². The molecule has 0 aliphatic rings. The number of nitriles is 1. The average Bonchev–Trinajstić information content (AvgIpc) is 1.84. The van der Waals surface area contributed by atoms with Crippen LogP contribution in [-0.4, -0.2) is 0 Å². The van der Waals surface area contributed by atoms with Crippen LogP contribution in [0.2, 0.25) is 0 Å². The summed E-state index contributed by atoms with van der Waals surface area (Å²) in [5.74, 6) is 2.13. The van der Waals surface area contributed by atoms with E-state index in [4.69, 9.17) is 5.26 Å². The monoisotopic (exact) mass is 167 g/mol. The van der Waals surface area contributed by atoms with E-state index < -0.39 is 0 Å². The average molecular weight is 167 g/mol. The van der Waals surface area contributed by atoms with E-state index in [0.29, 0.717) is 12.3 Å². The van der Waals surface area contributed by atoms with E-state index in [9.17, 15) is 0 Å². The molecule has 0 spiro atoms. The van der Waals surface area contributed by atoms with Crippen LogP contribution in [0.4, 0.5) is 0 Å². The van der Waals surface area contributed by atoms with E-state index in [-0.39, 0.29) is 0 Å². The Balaban J connectivity index is 3.55. The second-order valence-electron chi connectivity index (χ2n) is 4.44. The van der Waals surface area contributed by atoms with Gasteiger partial charge in [0.15, 0.2) is 0 Å². The molecule has 0 aromatic carbocycles. The molecule has 70 valence electrons. The Kier molecular flexibility index (Phi) is 5.80. The summed E-state index contributed by atoms with van der Waals surface area (Å²) in [6.07, 6.45) is 3.20. The third-order valence-corrected chi connectivity index (χ3v) is 2.12. The van der Waals surface area contributed by atoms with Crippen LogP contribution in [0, 0.1) is 29.1 Å². The fourth-order valence-electron chi connectivity index (χ4n) is 1.83. The lowest BCUT2D eigenvalue weighted by atomic mass is 9.89. The molecule has 0 rings (SSSR count). The van der Waals surface area contributed by atoms with Gasteiger partial charge in [-0.05, 0) is 30.6 Å². The highest BCUT2D eigenvalue weighted by molar-refractivity contribution is 4.74. The highest BCUT2D eigenvalue weighted by atomic mass is 14.2. The van der Waals surface area contributed by atoms with Gasteiger partial charge in [0, 0.05) is 6.42 Å². The molecule has 0 heterocycles. The van der Waals surface area contributed by atoms with Gasteiger partial charge in [-0.2, -0.15) is 5.26 Å². The Morgan fingerprint density at radius 2 is 1.58 bits per heavy atom. The SMILES string of the molecule is CC(C)CC(C)CC(C)CC#N. The molecule has 0 aromatic heterocycles. The van der Waals surface area contributed by atoms with Gasteiger partial charge in [0.1, 0.15) is 0 Å². The van der Waals surface area contributed by atoms with E-state index in [1.165, 1.54) is 12.8 Å². The van der Waals surface area contributed by atoms with Gasteiger partial charge < -0.3 is 0 Å². The number of nitrogens with zero attached hydrogens (tertiary/aromatic N) is 1. The minimum atomic E-state index is 0.573. The predicted molar refractivity (Wildman–Crippen MR) is 52.6 cm³/mol. The normalized spacial score (nSPS) is 15.7. The summed E-state index contributed by atoms with van der Waals surface area (Å²) in [5, 5.41) is 8.48. The van der Waals surface area contributed by atoms with Crippen molar-refractivity contribution >= 4 is 0 Å². The fourth-order valence-corrected chi connectivity index (χ4v) is 1.83. The van der Waals surface area contributed by atoms with Crippen molar-refractivity contribution in [3.8, 4) is 6.07 Å². The third kappa shape index (κ3) is 6.22. The van der Waals surface area contributed by atoms with Crippen LogP contribution in [0.1, 0.15) is 47.0 Å². The molecule has 2 atom stereocenters. The summed E-state index contributed by atoms with van der Waals surface area (Å²) in [5.41, 5.74) is 0. The molecule has 0 bridgehead atoms. The molecule has 2 unspecified atom stereocenters. The zero-order chi connectivity index (χ0) is 9.56. The van der Waals surface area contributed by atoms with Gasteiger partial charge in [-0.1, -0.05) is 27.7 Å².